The van der Waals surface area contributed by atoms with E-state index in [4.69, 9.17) is 5.26 Å². The highest BCUT2D eigenvalue weighted by Crippen LogP contribution is 2.33. The highest BCUT2D eigenvalue weighted by atomic mass is 16.2. The summed E-state index contributed by atoms with van der Waals surface area (Å²) < 4.78 is 1.60. The van der Waals surface area contributed by atoms with Crippen LogP contribution in [0.4, 0.5) is 11.4 Å². The monoisotopic (exact) mass is 425 g/mol. The van der Waals surface area contributed by atoms with Gasteiger partial charge in [0.05, 0.1) is 36.0 Å². The largest absolute Gasteiger partial charge is 0.322 e. The number of benzene rings is 2. The van der Waals surface area contributed by atoms with Gasteiger partial charge < -0.3 is 10.2 Å². The molecule has 0 unspecified atom stereocenters. The van der Waals surface area contributed by atoms with Crippen LogP contribution in [0.1, 0.15) is 51.7 Å². The topological polar surface area (TPSA) is 91.0 Å². The summed E-state index contributed by atoms with van der Waals surface area (Å²) in [6.07, 6.45) is 5.14. The van der Waals surface area contributed by atoms with Crippen molar-refractivity contribution in [3.8, 4) is 6.07 Å². The number of aromatic nitrogens is 2. The van der Waals surface area contributed by atoms with Gasteiger partial charge in [-0.05, 0) is 68.0 Å². The fourth-order valence-electron chi connectivity index (χ4n) is 4.25. The highest BCUT2D eigenvalue weighted by Gasteiger charge is 2.35. The summed E-state index contributed by atoms with van der Waals surface area (Å²) in [7, 11) is 0. The summed E-state index contributed by atoms with van der Waals surface area (Å²) in [5.41, 5.74) is 3.55. The third-order valence-corrected chi connectivity index (χ3v) is 6.07. The van der Waals surface area contributed by atoms with Crippen LogP contribution in [-0.2, 0) is 13.0 Å². The number of nitriles is 1. The first kappa shape index (κ1) is 20.0. The number of carbonyl (C=O) groups excluding carboxylic acids is 2. The molecule has 0 spiro atoms. The normalized spacial score (nSPS) is 17.6. The molecule has 7 nitrogen and oxygen atoms in total. The van der Waals surface area contributed by atoms with Gasteiger partial charge in [-0.1, -0.05) is 18.2 Å². The van der Waals surface area contributed by atoms with E-state index in [2.05, 4.69) is 28.6 Å². The van der Waals surface area contributed by atoms with E-state index in [0.29, 0.717) is 17.8 Å². The molecule has 0 radical (unpaired) electrons. The van der Waals surface area contributed by atoms with Crippen molar-refractivity contribution >= 4 is 23.2 Å². The highest BCUT2D eigenvalue weighted by molar-refractivity contribution is 6.15. The Morgan fingerprint density at radius 1 is 1.22 bits per heavy atom. The number of fused-ring (bicyclic) bond motifs is 1. The number of nitrogens with one attached hydrogen (secondary N) is 1. The Labute approximate surface area is 186 Å². The van der Waals surface area contributed by atoms with Crippen LogP contribution >= 0.6 is 0 Å². The van der Waals surface area contributed by atoms with Crippen LogP contribution < -0.4 is 10.2 Å². The molecule has 3 aromatic rings. The third kappa shape index (κ3) is 3.76. The van der Waals surface area contributed by atoms with Gasteiger partial charge in [-0.3, -0.25) is 14.3 Å². The molecule has 1 aromatic heterocycles. The van der Waals surface area contributed by atoms with Crippen molar-refractivity contribution in [1.82, 2.24) is 9.78 Å². The summed E-state index contributed by atoms with van der Waals surface area (Å²) >= 11 is 0. The Balaban J connectivity index is 1.40. The molecule has 0 saturated heterocycles. The van der Waals surface area contributed by atoms with Gasteiger partial charge >= 0.3 is 0 Å². The SMILES string of the molecule is C[C@H]1Cn2ncc(C(=O)Nc3cccc(C#N)c3)c2C(=O)N1c1ccc(CC2CC2)cc1. The first-order valence-corrected chi connectivity index (χ1v) is 10.8. The zero-order valence-electron chi connectivity index (χ0n) is 17.8. The van der Waals surface area contributed by atoms with E-state index >= 15 is 0 Å². The van der Waals surface area contributed by atoms with E-state index in [0.717, 1.165) is 18.0 Å². The predicted octanol–water partition coefficient (Wildman–Crippen LogP) is 4.01. The minimum absolute atomic E-state index is 0.0904. The molecule has 2 aliphatic rings. The Bertz CT molecular complexity index is 1230. The van der Waals surface area contributed by atoms with Gasteiger partial charge in [0.2, 0.25) is 0 Å². The van der Waals surface area contributed by atoms with E-state index < -0.39 is 5.91 Å². The van der Waals surface area contributed by atoms with E-state index in [-0.39, 0.29) is 23.2 Å². The van der Waals surface area contributed by atoms with Crippen molar-refractivity contribution in [3.05, 3.63) is 77.1 Å². The van der Waals surface area contributed by atoms with Crippen LogP contribution in [0.2, 0.25) is 0 Å². The lowest BCUT2D eigenvalue weighted by molar-refractivity contribution is 0.0933. The van der Waals surface area contributed by atoms with Crippen molar-refractivity contribution in [2.45, 2.75) is 38.8 Å². The van der Waals surface area contributed by atoms with E-state index in [1.54, 1.807) is 33.8 Å². The van der Waals surface area contributed by atoms with Gasteiger partial charge in [0.1, 0.15) is 5.69 Å². The predicted molar refractivity (Wildman–Crippen MR) is 120 cm³/mol. The van der Waals surface area contributed by atoms with E-state index in [9.17, 15) is 9.59 Å². The van der Waals surface area contributed by atoms with Crippen molar-refractivity contribution in [2.24, 2.45) is 5.92 Å². The molecule has 1 saturated carbocycles. The molecule has 2 aromatic carbocycles. The molecule has 1 N–H and O–H groups in total. The molecule has 1 aliphatic carbocycles. The van der Waals surface area contributed by atoms with E-state index in [1.807, 2.05) is 19.1 Å². The Morgan fingerprint density at radius 2 is 2.00 bits per heavy atom. The summed E-state index contributed by atoms with van der Waals surface area (Å²) in [6.45, 7) is 2.48. The summed E-state index contributed by atoms with van der Waals surface area (Å²) in [6, 6.07) is 16.8. The minimum atomic E-state index is -0.427. The summed E-state index contributed by atoms with van der Waals surface area (Å²) in [5.74, 6) is 0.136. The van der Waals surface area contributed by atoms with E-state index in [1.165, 1.54) is 24.6 Å². The minimum Gasteiger partial charge on any atom is -0.322 e. The van der Waals surface area contributed by atoms with Crippen LogP contribution in [0.25, 0.3) is 0 Å². The molecule has 0 bridgehead atoms. The van der Waals surface area contributed by atoms with Crippen molar-refractivity contribution < 1.29 is 9.59 Å². The van der Waals surface area contributed by atoms with Gasteiger partial charge in [-0.15, -0.1) is 0 Å². The molecule has 2 heterocycles. The first-order valence-electron chi connectivity index (χ1n) is 10.8. The number of nitrogens with zero attached hydrogens (tertiary/aromatic N) is 4. The average molecular weight is 425 g/mol. The average Bonchev–Trinajstić information content (AvgIpc) is 3.50. The third-order valence-electron chi connectivity index (χ3n) is 6.07. The Kier molecular flexibility index (Phi) is 4.98. The Hall–Kier alpha value is -3.92. The van der Waals surface area contributed by atoms with Crippen LogP contribution in [-0.4, -0.2) is 27.6 Å². The maximum Gasteiger partial charge on any atom is 0.277 e. The lowest BCUT2D eigenvalue weighted by Crippen LogP contribution is -2.47. The summed E-state index contributed by atoms with van der Waals surface area (Å²) in [4.78, 5) is 28.2. The Morgan fingerprint density at radius 3 is 2.72 bits per heavy atom. The maximum atomic E-state index is 13.5. The first-order chi connectivity index (χ1) is 15.5. The molecular formula is C25H23N5O2. The fourth-order valence-corrected chi connectivity index (χ4v) is 4.25. The molecule has 1 fully saturated rings. The second-order valence-corrected chi connectivity index (χ2v) is 8.57. The zero-order valence-corrected chi connectivity index (χ0v) is 17.8. The number of hydrogen-bond donors (Lipinski definition) is 1. The number of amides is 2. The standard InChI is InChI=1S/C25H23N5O2/c1-16-15-29-23(22(14-27-29)24(31)28-20-4-2-3-19(12-20)13-26)25(32)30(16)21-9-7-18(8-10-21)11-17-5-6-17/h2-4,7-10,12,14,16-17H,5-6,11,15H2,1H3,(H,28,31)/t16-/m0/s1. The fraction of sp³-hybridized carbons (Fsp3) is 0.280. The van der Waals surface area contributed by atoms with Gasteiger partial charge in [-0.25, -0.2) is 0 Å². The molecule has 7 heteroatoms. The zero-order chi connectivity index (χ0) is 22.2. The van der Waals surface area contributed by atoms with Gasteiger partial charge in [0.25, 0.3) is 11.8 Å². The molecule has 160 valence electrons. The van der Waals surface area contributed by atoms with Gasteiger partial charge in [-0.2, -0.15) is 10.4 Å². The quantitative estimate of drug-likeness (QED) is 0.669. The molecule has 32 heavy (non-hydrogen) atoms. The number of rotatable bonds is 5. The van der Waals surface area contributed by atoms with Crippen LogP contribution in [0.5, 0.6) is 0 Å². The molecule has 2 amide bonds. The molecule has 1 aliphatic heterocycles. The number of anilines is 2. The van der Waals surface area contributed by atoms with Crippen molar-refractivity contribution in [1.29, 1.82) is 5.26 Å². The lowest BCUT2D eigenvalue weighted by Gasteiger charge is -2.34. The smallest absolute Gasteiger partial charge is 0.277 e. The lowest BCUT2D eigenvalue weighted by atomic mass is 10.1. The van der Waals surface area contributed by atoms with Gasteiger partial charge in [0, 0.05) is 11.4 Å². The molecular weight excluding hydrogens is 402 g/mol. The van der Waals surface area contributed by atoms with Crippen LogP contribution in [0.3, 0.4) is 0 Å². The molecule has 5 rings (SSSR count). The van der Waals surface area contributed by atoms with Gasteiger partial charge in [0.15, 0.2) is 0 Å². The van der Waals surface area contributed by atoms with Crippen LogP contribution in [0, 0.1) is 17.2 Å². The second kappa shape index (κ2) is 7.97. The number of hydrogen-bond acceptors (Lipinski definition) is 4. The van der Waals surface area contributed by atoms with Crippen molar-refractivity contribution in [2.75, 3.05) is 10.2 Å². The summed E-state index contributed by atoms with van der Waals surface area (Å²) in [5, 5.41) is 16.1. The van der Waals surface area contributed by atoms with Crippen LogP contribution in [0.15, 0.2) is 54.7 Å². The second-order valence-electron chi connectivity index (χ2n) is 8.57. The van der Waals surface area contributed by atoms with Crippen molar-refractivity contribution in [3.63, 3.8) is 0 Å². The maximum absolute atomic E-state index is 13.5. The number of carbonyl (C=O) groups is 2. The molecule has 1 atom stereocenters.